The van der Waals surface area contributed by atoms with Crippen LogP contribution in [0, 0.1) is 0 Å². The SMILES string of the molecule is NOP(=O)(ON)OC[C@H]1O[C@](O)(CO)[C@H](O)[C@@H]1O. The lowest BCUT2D eigenvalue weighted by Crippen LogP contribution is -2.46. The summed E-state index contributed by atoms with van der Waals surface area (Å²) in [5, 5.41) is 37.3. The molecular weight excluding hydrogens is 275 g/mol. The van der Waals surface area contributed by atoms with E-state index < -0.39 is 45.1 Å². The van der Waals surface area contributed by atoms with Crippen LogP contribution >= 0.6 is 7.82 Å². The number of ether oxygens (including phenoxy) is 1. The van der Waals surface area contributed by atoms with Gasteiger partial charge in [-0.25, -0.2) is 16.4 Å². The smallest absolute Gasteiger partial charge is 0.391 e. The van der Waals surface area contributed by atoms with Gasteiger partial charge >= 0.3 is 7.82 Å². The van der Waals surface area contributed by atoms with Crippen LogP contribution in [0.5, 0.6) is 0 Å². The van der Waals surface area contributed by atoms with Gasteiger partial charge in [-0.3, -0.25) is 4.52 Å². The zero-order valence-corrected chi connectivity index (χ0v) is 9.97. The predicted molar refractivity (Wildman–Crippen MR) is 53.0 cm³/mol. The minimum atomic E-state index is -4.19. The summed E-state index contributed by atoms with van der Waals surface area (Å²) in [6.45, 7) is -1.58. The summed E-state index contributed by atoms with van der Waals surface area (Å²) in [6.07, 6.45) is -4.66. The monoisotopic (exact) mass is 290 g/mol. The van der Waals surface area contributed by atoms with E-state index in [0.717, 1.165) is 0 Å². The Balaban J connectivity index is 2.62. The van der Waals surface area contributed by atoms with Gasteiger partial charge in [0.1, 0.15) is 18.3 Å². The Labute approximate surface area is 101 Å². The van der Waals surface area contributed by atoms with E-state index in [1.54, 1.807) is 0 Å². The number of nitrogens with two attached hydrogens (primary N) is 2. The van der Waals surface area contributed by atoms with Gasteiger partial charge in [-0.2, -0.15) is 9.25 Å². The normalized spacial score (nSPS) is 37.1. The maximum Gasteiger partial charge on any atom is 0.507 e. The molecule has 1 rings (SSSR count). The van der Waals surface area contributed by atoms with Gasteiger partial charge in [-0.1, -0.05) is 0 Å². The summed E-state index contributed by atoms with van der Waals surface area (Å²) in [5.41, 5.74) is 0. The van der Waals surface area contributed by atoms with Gasteiger partial charge in [0.15, 0.2) is 0 Å². The molecule has 1 heterocycles. The lowest BCUT2D eigenvalue weighted by atomic mass is 10.1. The molecule has 108 valence electrons. The molecule has 0 spiro atoms. The number of rotatable bonds is 6. The topological polar surface area (TPSA) is 187 Å². The van der Waals surface area contributed by atoms with E-state index in [0.29, 0.717) is 0 Å². The fraction of sp³-hybridized carbons (Fsp3) is 1.00. The average Bonchev–Trinajstić information content (AvgIpc) is 2.61. The molecule has 12 heteroatoms. The van der Waals surface area contributed by atoms with Crippen LogP contribution in [-0.4, -0.2) is 57.7 Å². The second kappa shape index (κ2) is 5.86. The van der Waals surface area contributed by atoms with Crippen molar-refractivity contribution in [3.8, 4) is 0 Å². The van der Waals surface area contributed by atoms with Crippen molar-refractivity contribution < 1.29 is 43.5 Å². The number of hydrogen-bond acceptors (Lipinski definition) is 11. The number of hydrogen-bond donors (Lipinski definition) is 6. The van der Waals surface area contributed by atoms with Crippen LogP contribution in [0.3, 0.4) is 0 Å². The second-order valence-electron chi connectivity index (χ2n) is 3.55. The first-order valence-corrected chi connectivity index (χ1v) is 6.16. The summed E-state index contributed by atoms with van der Waals surface area (Å²) in [4.78, 5) is 0. The Kier molecular flexibility index (Phi) is 5.17. The van der Waals surface area contributed by atoms with Crippen LogP contribution in [0.15, 0.2) is 0 Å². The minimum Gasteiger partial charge on any atom is -0.391 e. The van der Waals surface area contributed by atoms with Crippen LogP contribution in [0.4, 0.5) is 0 Å². The first-order chi connectivity index (χ1) is 8.32. The van der Waals surface area contributed by atoms with Crippen molar-refractivity contribution in [3.05, 3.63) is 0 Å². The summed E-state index contributed by atoms with van der Waals surface area (Å²) in [6, 6.07) is 0. The summed E-state index contributed by atoms with van der Waals surface area (Å²) < 4.78 is 28.3. The Morgan fingerprint density at radius 1 is 1.33 bits per heavy atom. The highest BCUT2D eigenvalue weighted by Gasteiger charge is 2.53. The summed E-state index contributed by atoms with van der Waals surface area (Å²) >= 11 is 0. The molecule has 4 atom stereocenters. The van der Waals surface area contributed by atoms with Gasteiger partial charge in [-0.05, 0) is 0 Å². The van der Waals surface area contributed by atoms with Crippen LogP contribution < -0.4 is 11.8 Å². The molecule has 1 aliphatic rings. The lowest BCUT2D eigenvalue weighted by molar-refractivity contribution is -0.247. The summed E-state index contributed by atoms with van der Waals surface area (Å²) in [7, 11) is -4.19. The molecule has 0 amide bonds. The highest BCUT2D eigenvalue weighted by atomic mass is 31.2. The van der Waals surface area contributed by atoms with E-state index >= 15 is 0 Å². The van der Waals surface area contributed by atoms with Crippen molar-refractivity contribution >= 4 is 7.82 Å². The van der Waals surface area contributed by atoms with Crippen LogP contribution in [0.25, 0.3) is 0 Å². The maximum absolute atomic E-state index is 11.3. The molecule has 1 saturated heterocycles. The van der Waals surface area contributed by atoms with E-state index in [2.05, 4.69) is 25.6 Å². The highest BCUT2D eigenvalue weighted by Crippen LogP contribution is 2.46. The molecule has 0 aromatic heterocycles. The second-order valence-corrected chi connectivity index (χ2v) is 5.12. The Bertz CT molecular complexity index is 322. The van der Waals surface area contributed by atoms with Gasteiger partial charge in [0, 0.05) is 0 Å². The zero-order chi connectivity index (χ0) is 14.0. The molecule has 1 fully saturated rings. The molecule has 1 aliphatic heterocycles. The van der Waals surface area contributed by atoms with E-state index in [9.17, 15) is 19.9 Å². The van der Waals surface area contributed by atoms with E-state index in [1.807, 2.05) is 0 Å². The first-order valence-electron chi connectivity index (χ1n) is 4.70. The molecule has 0 unspecified atom stereocenters. The van der Waals surface area contributed by atoms with Crippen LogP contribution in [-0.2, 0) is 23.1 Å². The van der Waals surface area contributed by atoms with Crippen molar-refractivity contribution in [1.29, 1.82) is 0 Å². The molecule has 0 aromatic carbocycles. The van der Waals surface area contributed by atoms with Crippen LogP contribution in [0.2, 0.25) is 0 Å². The van der Waals surface area contributed by atoms with Crippen molar-refractivity contribution in [2.45, 2.75) is 24.1 Å². The molecule has 0 radical (unpaired) electrons. The zero-order valence-electron chi connectivity index (χ0n) is 9.08. The van der Waals surface area contributed by atoms with Gasteiger partial charge < -0.3 is 25.2 Å². The molecular formula is C6H15N2O9P. The molecule has 0 bridgehead atoms. The summed E-state index contributed by atoms with van der Waals surface area (Å²) in [5.74, 6) is 6.87. The highest BCUT2D eigenvalue weighted by molar-refractivity contribution is 7.48. The molecule has 8 N–H and O–H groups in total. The molecule has 0 saturated carbocycles. The van der Waals surface area contributed by atoms with Crippen LogP contribution in [0.1, 0.15) is 0 Å². The Morgan fingerprint density at radius 3 is 2.28 bits per heavy atom. The maximum atomic E-state index is 11.3. The Hall–Kier alpha value is -0.170. The number of aliphatic hydroxyl groups excluding tert-OH is 3. The van der Waals surface area contributed by atoms with Gasteiger partial charge in [0.2, 0.25) is 5.79 Å². The van der Waals surface area contributed by atoms with E-state index in [4.69, 9.17) is 9.84 Å². The molecule has 11 nitrogen and oxygen atoms in total. The minimum absolute atomic E-state index is 0.619. The first kappa shape index (κ1) is 15.9. The number of aliphatic hydroxyl groups is 4. The van der Waals surface area contributed by atoms with Crippen molar-refractivity contribution in [2.75, 3.05) is 13.2 Å². The van der Waals surface area contributed by atoms with Gasteiger partial charge in [0.25, 0.3) is 0 Å². The fourth-order valence-corrected chi connectivity index (χ4v) is 1.89. The van der Waals surface area contributed by atoms with Gasteiger partial charge in [0.05, 0.1) is 13.2 Å². The predicted octanol–water partition coefficient (Wildman–Crippen LogP) is -3.31. The average molecular weight is 290 g/mol. The van der Waals surface area contributed by atoms with Gasteiger partial charge in [-0.15, -0.1) is 0 Å². The molecule has 0 aromatic rings. The van der Waals surface area contributed by atoms with E-state index in [-0.39, 0.29) is 0 Å². The van der Waals surface area contributed by atoms with Crippen molar-refractivity contribution in [3.63, 3.8) is 0 Å². The van der Waals surface area contributed by atoms with E-state index in [1.165, 1.54) is 0 Å². The third-order valence-electron chi connectivity index (χ3n) is 2.40. The third kappa shape index (κ3) is 3.04. The molecule has 0 aliphatic carbocycles. The lowest BCUT2D eigenvalue weighted by Gasteiger charge is -2.22. The standard InChI is InChI=1S/C6H15N2O9P/c7-16-18(13,17-8)14-1-3-4(10)5(11)6(12,2-9)15-3/h3-5,9-12H,1-2,7-8H2/t3-,4-,5-,6-/m1/s1. The largest absolute Gasteiger partial charge is 0.507 e. The van der Waals surface area contributed by atoms with Crippen molar-refractivity contribution in [1.82, 2.24) is 0 Å². The third-order valence-corrected chi connectivity index (χ3v) is 3.39. The molecule has 18 heavy (non-hydrogen) atoms. The quantitative estimate of drug-likeness (QED) is 0.212. The number of phosphoric acid groups is 1. The van der Waals surface area contributed by atoms with Crippen molar-refractivity contribution in [2.24, 2.45) is 11.8 Å². The fourth-order valence-electron chi connectivity index (χ4n) is 1.39. The Morgan fingerprint density at radius 2 is 1.89 bits per heavy atom.